The molecule has 0 fully saturated rings. The average Bonchev–Trinajstić information content (AvgIpc) is 2.10. The standard InChI is InChI=1S/C9H17NO3S/c1-6(7(2)11)9(13)14-5-4-10-8(3)12/h6-7,11H,4-5H2,1-3H3,(H,10,12)/t6-,7-/m1/s1. The second-order valence-electron chi connectivity index (χ2n) is 3.18. The SMILES string of the molecule is CC(=O)NCCSC(=O)[C@H](C)[C@@H](C)O. The minimum absolute atomic E-state index is 0.0367. The molecule has 0 spiro atoms. The second kappa shape index (κ2) is 6.84. The average molecular weight is 219 g/mol. The van der Waals surface area contributed by atoms with Crippen LogP contribution in [0.25, 0.3) is 0 Å². The molecule has 1 amide bonds. The highest BCUT2D eigenvalue weighted by Gasteiger charge is 2.17. The van der Waals surface area contributed by atoms with Crippen LogP contribution in [0.4, 0.5) is 0 Å². The van der Waals surface area contributed by atoms with Crippen molar-refractivity contribution in [2.75, 3.05) is 12.3 Å². The summed E-state index contributed by atoms with van der Waals surface area (Å²) in [7, 11) is 0. The Kier molecular flexibility index (Phi) is 6.57. The van der Waals surface area contributed by atoms with Crippen LogP contribution in [0.3, 0.4) is 0 Å². The number of amides is 1. The smallest absolute Gasteiger partial charge is 0.216 e. The lowest BCUT2D eigenvalue weighted by molar-refractivity contribution is -0.119. The quantitative estimate of drug-likeness (QED) is 0.657. The van der Waals surface area contributed by atoms with Crippen molar-refractivity contribution in [3.05, 3.63) is 0 Å². The van der Waals surface area contributed by atoms with Gasteiger partial charge in [0.2, 0.25) is 5.91 Å². The molecule has 4 nitrogen and oxygen atoms in total. The molecule has 0 aliphatic rings. The third-order valence-corrected chi connectivity index (χ3v) is 2.88. The van der Waals surface area contributed by atoms with Crippen LogP contribution in [0.15, 0.2) is 0 Å². The number of carbonyl (C=O) groups excluding carboxylic acids is 2. The van der Waals surface area contributed by atoms with Gasteiger partial charge in [-0.1, -0.05) is 18.7 Å². The van der Waals surface area contributed by atoms with Crippen molar-refractivity contribution < 1.29 is 14.7 Å². The van der Waals surface area contributed by atoms with Crippen molar-refractivity contribution >= 4 is 22.8 Å². The zero-order valence-electron chi connectivity index (χ0n) is 8.74. The Labute approximate surface area is 88.4 Å². The molecule has 2 atom stereocenters. The van der Waals surface area contributed by atoms with E-state index in [-0.39, 0.29) is 16.9 Å². The van der Waals surface area contributed by atoms with Crippen LogP contribution in [-0.4, -0.2) is 34.5 Å². The molecule has 0 aromatic rings. The first-order valence-electron chi connectivity index (χ1n) is 4.54. The van der Waals surface area contributed by atoms with Gasteiger partial charge in [0.25, 0.3) is 0 Å². The monoisotopic (exact) mass is 219 g/mol. The van der Waals surface area contributed by atoms with E-state index < -0.39 is 6.10 Å². The normalized spacial score (nSPS) is 14.6. The number of hydrogen-bond acceptors (Lipinski definition) is 4. The summed E-state index contributed by atoms with van der Waals surface area (Å²) in [6.07, 6.45) is -0.615. The molecule has 14 heavy (non-hydrogen) atoms. The van der Waals surface area contributed by atoms with Gasteiger partial charge < -0.3 is 10.4 Å². The van der Waals surface area contributed by atoms with E-state index in [1.54, 1.807) is 13.8 Å². The predicted molar refractivity (Wildman–Crippen MR) is 57.0 cm³/mol. The van der Waals surface area contributed by atoms with Gasteiger partial charge in [0.15, 0.2) is 5.12 Å². The first-order valence-corrected chi connectivity index (χ1v) is 5.53. The van der Waals surface area contributed by atoms with Crippen LogP contribution in [0.2, 0.25) is 0 Å². The number of rotatable bonds is 5. The van der Waals surface area contributed by atoms with Crippen LogP contribution in [0.5, 0.6) is 0 Å². The van der Waals surface area contributed by atoms with Gasteiger partial charge in [0, 0.05) is 19.2 Å². The maximum Gasteiger partial charge on any atom is 0.216 e. The minimum Gasteiger partial charge on any atom is -0.393 e. The number of aliphatic hydroxyl groups is 1. The fourth-order valence-corrected chi connectivity index (χ4v) is 1.57. The topological polar surface area (TPSA) is 66.4 Å². The Balaban J connectivity index is 3.59. The highest BCUT2D eigenvalue weighted by molar-refractivity contribution is 8.13. The summed E-state index contributed by atoms with van der Waals surface area (Å²) < 4.78 is 0. The molecule has 0 aliphatic carbocycles. The molecule has 0 bridgehead atoms. The highest BCUT2D eigenvalue weighted by Crippen LogP contribution is 2.13. The lowest BCUT2D eigenvalue weighted by Gasteiger charge is -2.12. The van der Waals surface area contributed by atoms with Crippen molar-refractivity contribution in [1.82, 2.24) is 5.32 Å². The highest BCUT2D eigenvalue weighted by atomic mass is 32.2. The summed E-state index contributed by atoms with van der Waals surface area (Å²) in [6.45, 7) is 5.21. The van der Waals surface area contributed by atoms with Crippen LogP contribution < -0.4 is 5.32 Å². The Hall–Kier alpha value is -0.550. The molecule has 82 valence electrons. The molecule has 2 N–H and O–H groups in total. The van der Waals surface area contributed by atoms with E-state index in [2.05, 4.69) is 5.32 Å². The Bertz CT molecular complexity index is 206. The zero-order chi connectivity index (χ0) is 11.1. The van der Waals surface area contributed by atoms with Crippen LogP contribution in [-0.2, 0) is 9.59 Å². The van der Waals surface area contributed by atoms with E-state index in [1.165, 1.54) is 6.92 Å². The van der Waals surface area contributed by atoms with Gasteiger partial charge in [0.1, 0.15) is 0 Å². The second-order valence-corrected chi connectivity index (χ2v) is 4.28. The largest absolute Gasteiger partial charge is 0.393 e. The van der Waals surface area contributed by atoms with Crippen molar-refractivity contribution in [3.8, 4) is 0 Å². The van der Waals surface area contributed by atoms with Gasteiger partial charge >= 0.3 is 0 Å². The molecular weight excluding hydrogens is 202 g/mol. The van der Waals surface area contributed by atoms with Gasteiger partial charge in [-0.25, -0.2) is 0 Å². The summed E-state index contributed by atoms with van der Waals surface area (Å²) in [5.74, 6) is 0.106. The fraction of sp³-hybridized carbons (Fsp3) is 0.778. The van der Waals surface area contributed by atoms with Gasteiger partial charge in [0.05, 0.1) is 12.0 Å². The molecule has 0 unspecified atom stereocenters. The van der Waals surface area contributed by atoms with E-state index >= 15 is 0 Å². The summed E-state index contributed by atoms with van der Waals surface area (Å²) in [6, 6.07) is 0. The van der Waals surface area contributed by atoms with Crippen LogP contribution in [0.1, 0.15) is 20.8 Å². The maximum absolute atomic E-state index is 11.3. The summed E-state index contributed by atoms with van der Waals surface area (Å²) in [5, 5.41) is 11.7. The lowest BCUT2D eigenvalue weighted by Crippen LogP contribution is -2.25. The van der Waals surface area contributed by atoms with E-state index in [0.717, 1.165) is 11.8 Å². The third-order valence-electron chi connectivity index (χ3n) is 1.82. The van der Waals surface area contributed by atoms with E-state index in [1.807, 2.05) is 0 Å². The van der Waals surface area contributed by atoms with Gasteiger partial charge in [-0.2, -0.15) is 0 Å². The molecule has 0 aromatic heterocycles. The minimum atomic E-state index is -0.615. The predicted octanol–water partition coefficient (Wildman–Crippen LogP) is 0.399. The number of thioether (sulfide) groups is 1. The molecule has 0 rings (SSSR count). The van der Waals surface area contributed by atoms with Crippen molar-refractivity contribution in [2.24, 2.45) is 5.92 Å². The Morgan fingerprint density at radius 2 is 2.00 bits per heavy atom. The summed E-state index contributed by atoms with van der Waals surface area (Å²) in [4.78, 5) is 21.8. The maximum atomic E-state index is 11.3. The molecule has 0 aliphatic heterocycles. The molecule has 0 aromatic carbocycles. The van der Waals surface area contributed by atoms with Crippen molar-refractivity contribution in [1.29, 1.82) is 0 Å². The van der Waals surface area contributed by atoms with E-state index in [0.29, 0.717) is 12.3 Å². The van der Waals surface area contributed by atoms with Gasteiger partial charge in [-0.3, -0.25) is 9.59 Å². The number of carbonyl (C=O) groups is 2. The molecule has 0 saturated carbocycles. The molecule has 0 radical (unpaired) electrons. The van der Waals surface area contributed by atoms with Crippen LogP contribution >= 0.6 is 11.8 Å². The van der Waals surface area contributed by atoms with Crippen molar-refractivity contribution in [3.63, 3.8) is 0 Å². The van der Waals surface area contributed by atoms with Gasteiger partial charge in [-0.05, 0) is 6.92 Å². The Morgan fingerprint density at radius 3 is 2.43 bits per heavy atom. The zero-order valence-corrected chi connectivity index (χ0v) is 9.56. The van der Waals surface area contributed by atoms with E-state index in [9.17, 15) is 9.59 Å². The van der Waals surface area contributed by atoms with Crippen molar-refractivity contribution in [2.45, 2.75) is 26.9 Å². The first-order chi connectivity index (χ1) is 6.45. The molecule has 0 saturated heterocycles. The van der Waals surface area contributed by atoms with E-state index in [4.69, 9.17) is 5.11 Å². The van der Waals surface area contributed by atoms with Gasteiger partial charge in [-0.15, -0.1) is 0 Å². The molecular formula is C9H17NO3S. The first kappa shape index (κ1) is 13.4. The molecule has 0 heterocycles. The fourth-order valence-electron chi connectivity index (χ4n) is 0.707. The lowest BCUT2D eigenvalue weighted by atomic mass is 10.1. The number of hydrogen-bond donors (Lipinski definition) is 2. The third kappa shape index (κ3) is 5.99. The number of nitrogens with one attached hydrogen (secondary N) is 1. The summed E-state index contributed by atoms with van der Waals surface area (Å²) >= 11 is 1.14. The number of aliphatic hydroxyl groups excluding tert-OH is 1. The van der Waals surface area contributed by atoms with Crippen LogP contribution in [0, 0.1) is 5.92 Å². The molecule has 5 heteroatoms. The summed E-state index contributed by atoms with van der Waals surface area (Å²) in [5.41, 5.74) is 0. The Morgan fingerprint density at radius 1 is 1.43 bits per heavy atom.